The molecule has 0 spiro atoms. The van der Waals surface area contributed by atoms with Gasteiger partial charge in [0.25, 0.3) is 0 Å². The Labute approximate surface area is 101 Å². The molecule has 1 saturated carbocycles. The number of piperidine rings is 1. The zero-order valence-electron chi connectivity index (χ0n) is 10.2. The summed E-state index contributed by atoms with van der Waals surface area (Å²) >= 11 is 0. The van der Waals surface area contributed by atoms with E-state index in [1.54, 1.807) is 0 Å². The Bertz CT molecular complexity index is 233. The van der Waals surface area contributed by atoms with Gasteiger partial charge in [-0.3, -0.25) is 0 Å². The molecule has 2 rings (SSSR count). The zero-order chi connectivity index (χ0) is 12.3. The van der Waals surface area contributed by atoms with Crippen LogP contribution in [-0.2, 0) is 0 Å². The highest BCUT2D eigenvalue weighted by Gasteiger charge is 2.45. The maximum absolute atomic E-state index is 12.9. The summed E-state index contributed by atoms with van der Waals surface area (Å²) in [4.78, 5) is 0. The van der Waals surface area contributed by atoms with Crippen molar-refractivity contribution < 1.29 is 13.2 Å². The molecule has 0 radical (unpaired) electrons. The highest BCUT2D eigenvalue weighted by Crippen LogP contribution is 2.38. The van der Waals surface area contributed by atoms with Gasteiger partial charge in [0.1, 0.15) is 0 Å². The fraction of sp³-hybridized carbons (Fsp3) is 1.00. The summed E-state index contributed by atoms with van der Waals surface area (Å²) < 4.78 is 38.7. The molecule has 0 aromatic carbocycles. The summed E-state index contributed by atoms with van der Waals surface area (Å²) in [5.41, 5.74) is 0. The van der Waals surface area contributed by atoms with Crippen molar-refractivity contribution >= 4 is 0 Å². The average Bonchev–Trinajstić information content (AvgIpc) is 2.30. The molecule has 0 aromatic heterocycles. The lowest BCUT2D eigenvalue weighted by molar-refractivity contribution is -0.189. The van der Waals surface area contributed by atoms with Gasteiger partial charge in [-0.25, -0.2) is 0 Å². The Morgan fingerprint density at radius 1 is 0.941 bits per heavy atom. The van der Waals surface area contributed by atoms with E-state index in [0.717, 1.165) is 25.8 Å². The Balaban J connectivity index is 1.91. The van der Waals surface area contributed by atoms with Crippen LogP contribution in [-0.4, -0.2) is 18.8 Å². The van der Waals surface area contributed by atoms with Gasteiger partial charge in [0.05, 0.1) is 5.92 Å². The molecule has 1 N–H and O–H groups in total. The molecule has 1 aliphatic heterocycles. The lowest BCUT2D eigenvalue weighted by Crippen LogP contribution is -2.48. The van der Waals surface area contributed by atoms with Crippen molar-refractivity contribution in [2.24, 2.45) is 11.8 Å². The van der Waals surface area contributed by atoms with Crippen LogP contribution in [0.15, 0.2) is 0 Å². The maximum atomic E-state index is 12.9. The van der Waals surface area contributed by atoms with Gasteiger partial charge in [-0.05, 0) is 31.7 Å². The lowest BCUT2D eigenvalue weighted by atomic mass is 9.79. The fourth-order valence-electron chi connectivity index (χ4n) is 3.37. The normalized spacial score (nSPS) is 32.6. The van der Waals surface area contributed by atoms with Gasteiger partial charge >= 0.3 is 6.18 Å². The molecule has 100 valence electrons. The standard InChI is InChI=1S/C13H22F3N/c14-13(15,16)11-7-4-8-17-12(11)9-10-5-2-1-3-6-10/h10-12,17H,1-9H2. The van der Waals surface area contributed by atoms with E-state index in [2.05, 4.69) is 5.32 Å². The molecule has 0 aromatic rings. The van der Waals surface area contributed by atoms with Crippen molar-refractivity contribution in [3.8, 4) is 0 Å². The second kappa shape index (κ2) is 5.59. The van der Waals surface area contributed by atoms with Crippen molar-refractivity contribution in [1.82, 2.24) is 5.32 Å². The zero-order valence-corrected chi connectivity index (χ0v) is 10.2. The summed E-state index contributed by atoms with van der Waals surface area (Å²) in [6.45, 7) is 0.754. The van der Waals surface area contributed by atoms with Crippen LogP contribution in [0.4, 0.5) is 13.2 Å². The smallest absolute Gasteiger partial charge is 0.313 e. The van der Waals surface area contributed by atoms with Crippen LogP contribution in [0.2, 0.25) is 0 Å². The van der Waals surface area contributed by atoms with Gasteiger partial charge in [-0.1, -0.05) is 32.1 Å². The van der Waals surface area contributed by atoms with Crippen LogP contribution in [0.3, 0.4) is 0 Å². The highest BCUT2D eigenvalue weighted by atomic mass is 19.4. The molecule has 2 unspecified atom stereocenters. The quantitative estimate of drug-likeness (QED) is 0.783. The predicted octanol–water partition coefficient (Wildman–Crippen LogP) is 3.89. The van der Waals surface area contributed by atoms with E-state index < -0.39 is 12.1 Å². The SMILES string of the molecule is FC(F)(F)C1CCCNC1CC1CCCCC1. The maximum Gasteiger partial charge on any atom is 0.393 e. The van der Waals surface area contributed by atoms with E-state index >= 15 is 0 Å². The summed E-state index contributed by atoms with van der Waals surface area (Å²) in [6, 6.07) is -0.327. The summed E-state index contributed by atoms with van der Waals surface area (Å²) in [5.74, 6) is -0.595. The second-order valence-corrected chi connectivity index (χ2v) is 5.59. The van der Waals surface area contributed by atoms with Crippen LogP contribution >= 0.6 is 0 Å². The molecule has 1 heterocycles. The number of hydrogen-bond donors (Lipinski definition) is 1. The van der Waals surface area contributed by atoms with Crippen LogP contribution < -0.4 is 5.32 Å². The summed E-state index contributed by atoms with van der Waals surface area (Å²) in [7, 11) is 0. The molecule has 1 nitrogen and oxygen atoms in total. The third-order valence-electron chi connectivity index (χ3n) is 4.32. The fourth-order valence-corrected chi connectivity index (χ4v) is 3.37. The van der Waals surface area contributed by atoms with Crippen molar-refractivity contribution in [2.75, 3.05) is 6.54 Å². The molecule has 2 aliphatic rings. The van der Waals surface area contributed by atoms with Gasteiger partial charge in [-0.15, -0.1) is 0 Å². The number of nitrogens with one attached hydrogen (secondary N) is 1. The number of halogens is 3. The summed E-state index contributed by atoms with van der Waals surface area (Å²) in [5, 5.41) is 3.10. The van der Waals surface area contributed by atoms with E-state index in [-0.39, 0.29) is 6.04 Å². The van der Waals surface area contributed by atoms with Crippen LogP contribution in [0.25, 0.3) is 0 Å². The minimum absolute atomic E-state index is 0.313. The predicted molar refractivity (Wildman–Crippen MR) is 61.8 cm³/mol. The van der Waals surface area contributed by atoms with Crippen molar-refractivity contribution in [1.29, 1.82) is 0 Å². The molecule has 4 heteroatoms. The van der Waals surface area contributed by atoms with E-state index in [4.69, 9.17) is 0 Å². The van der Waals surface area contributed by atoms with Crippen LogP contribution in [0.5, 0.6) is 0 Å². The molecule has 0 bridgehead atoms. The first-order chi connectivity index (χ1) is 8.07. The largest absolute Gasteiger partial charge is 0.393 e. The van der Waals surface area contributed by atoms with E-state index in [9.17, 15) is 13.2 Å². The molecule has 17 heavy (non-hydrogen) atoms. The van der Waals surface area contributed by atoms with E-state index in [1.165, 1.54) is 19.3 Å². The monoisotopic (exact) mass is 249 g/mol. The molecular formula is C13H22F3N. The van der Waals surface area contributed by atoms with Crippen LogP contribution in [0.1, 0.15) is 51.4 Å². The van der Waals surface area contributed by atoms with E-state index in [1.807, 2.05) is 0 Å². The Morgan fingerprint density at radius 3 is 2.29 bits per heavy atom. The van der Waals surface area contributed by atoms with Gasteiger partial charge < -0.3 is 5.32 Å². The molecule has 2 fully saturated rings. The van der Waals surface area contributed by atoms with Gasteiger partial charge in [-0.2, -0.15) is 13.2 Å². The average molecular weight is 249 g/mol. The molecule has 0 amide bonds. The van der Waals surface area contributed by atoms with Gasteiger partial charge in [0.2, 0.25) is 0 Å². The van der Waals surface area contributed by atoms with E-state index in [0.29, 0.717) is 18.8 Å². The molecule has 2 atom stereocenters. The highest BCUT2D eigenvalue weighted by molar-refractivity contribution is 4.87. The number of rotatable bonds is 2. The number of hydrogen-bond acceptors (Lipinski definition) is 1. The first kappa shape index (κ1) is 13.2. The molecule has 1 aliphatic carbocycles. The molecular weight excluding hydrogens is 227 g/mol. The minimum atomic E-state index is -4.02. The van der Waals surface area contributed by atoms with Crippen molar-refractivity contribution in [3.05, 3.63) is 0 Å². The van der Waals surface area contributed by atoms with Gasteiger partial charge in [0.15, 0.2) is 0 Å². The third kappa shape index (κ3) is 3.60. The lowest BCUT2D eigenvalue weighted by Gasteiger charge is -2.36. The summed E-state index contributed by atoms with van der Waals surface area (Å²) in [6.07, 6.45) is 3.60. The second-order valence-electron chi connectivity index (χ2n) is 5.59. The Hall–Kier alpha value is -0.250. The Kier molecular flexibility index (Phi) is 4.34. The first-order valence-electron chi connectivity index (χ1n) is 6.87. The van der Waals surface area contributed by atoms with Gasteiger partial charge in [0, 0.05) is 6.04 Å². The van der Waals surface area contributed by atoms with Crippen LogP contribution in [0, 0.1) is 11.8 Å². The number of alkyl halides is 3. The topological polar surface area (TPSA) is 12.0 Å². The Morgan fingerprint density at radius 2 is 1.65 bits per heavy atom. The molecule has 1 saturated heterocycles. The first-order valence-corrected chi connectivity index (χ1v) is 6.87. The minimum Gasteiger partial charge on any atom is -0.313 e. The van der Waals surface area contributed by atoms with Crippen molar-refractivity contribution in [3.63, 3.8) is 0 Å². The third-order valence-corrected chi connectivity index (χ3v) is 4.32. The van der Waals surface area contributed by atoms with Crippen molar-refractivity contribution in [2.45, 2.75) is 63.6 Å².